The summed E-state index contributed by atoms with van der Waals surface area (Å²) in [6.07, 6.45) is 0.151. The third-order valence-corrected chi connectivity index (χ3v) is 4.00. The number of nitrogens with zero attached hydrogens (tertiary/aromatic N) is 2. The van der Waals surface area contributed by atoms with Gasteiger partial charge in [0.2, 0.25) is 5.91 Å². The molecule has 0 bridgehead atoms. The van der Waals surface area contributed by atoms with E-state index in [-0.39, 0.29) is 18.6 Å². The Bertz CT molecular complexity index is 397. The fourth-order valence-corrected chi connectivity index (χ4v) is 3.04. The monoisotopic (exact) mass is 283 g/mol. The van der Waals surface area contributed by atoms with Gasteiger partial charge in [0.15, 0.2) is 0 Å². The van der Waals surface area contributed by atoms with Crippen LogP contribution in [0, 0.1) is 0 Å². The van der Waals surface area contributed by atoms with Crippen LogP contribution in [-0.4, -0.2) is 61.6 Å². The van der Waals surface area contributed by atoms with Gasteiger partial charge in [0.1, 0.15) is 0 Å². The van der Waals surface area contributed by atoms with Crippen LogP contribution in [0.5, 0.6) is 0 Å². The predicted octanol–water partition coefficient (Wildman–Crippen LogP) is 0.366. The zero-order chi connectivity index (χ0) is 13.7. The van der Waals surface area contributed by atoms with E-state index in [4.69, 9.17) is 10.5 Å². The van der Waals surface area contributed by atoms with Crippen molar-refractivity contribution in [3.63, 3.8) is 0 Å². The van der Waals surface area contributed by atoms with E-state index in [1.54, 1.807) is 11.3 Å². The summed E-state index contributed by atoms with van der Waals surface area (Å²) < 4.78 is 5.75. The lowest BCUT2D eigenvalue weighted by atomic mass is 10.2. The predicted molar refractivity (Wildman–Crippen MR) is 76.0 cm³/mol. The Morgan fingerprint density at radius 2 is 2.53 bits per heavy atom. The minimum Gasteiger partial charge on any atom is -0.374 e. The van der Waals surface area contributed by atoms with Gasteiger partial charge in [0, 0.05) is 31.1 Å². The lowest BCUT2D eigenvalue weighted by Gasteiger charge is -2.33. The van der Waals surface area contributed by atoms with E-state index in [1.165, 1.54) is 4.88 Å². The Morgan fingerprint density at radius 3 is 3.16 bits per heavy atom. The number of likely N-dealkylation sites (N-methyl/N-ethyl adjacent to an activating group) is 1. The number of morpholine rings is 1. The standard InChI is InChI=1S/C13H21N3O2S/c1-15-4-5-18-11(7-15)8-16(10-13(14)17)9-12-3-2-6-19-12/h2-3,6,11H,4-5,7-10H2,1H3,(H2,14,17)/t11-/m1/s1. The van der Waals surface area contributed by atoms with E-state index in [2.05, 4.69) is 22.9 Å². The summed E-state index contributed by atoms with van der Waals surface area (Å²) >= 11 is 1.70. The summed E-state index contributed by atoms with van der Waals surface area (Å²) in [4.78, 5) is 16.7. The van der Waals surface area contributed by atoms with E-state index in [9.17, 15) is 4.79 Å². The molecule has 1 aromatic heterocycles. The number of hydrogen-bond donors (Lipinski definition) is 1. The maximum atomic E-state index is 11.2. The molecule has 5 nitrogen and oxygen atoms in total. The fourth-order valence-electron chi connectivity index (χ4n) is 2.29. The van der Waals surface area contributed by atoms with Crippen LogP contribution in [0.2, 0.25) is 0 Å². The number of primary amides is 1. The lowest BCUT2D eigenvalue weighted by molar-refractivity contribution is -0.120. The van der Waals surface area contributed by atoms with Crippen LogP contribution in [0.15, 0.2) is 17.5 Å². The second kappa shape index (κ2) is 7.00. The maximum absolute atomic E-state index is 11.2. The average molecular weight is 283 g/mol. The number of rotatable bonds is 6. The van der Waals surface area contributed by atoms with Gasteiger partial charge in [-0.3, -0.25) is 9.69 Å². The largest absolute Gasteiger partial charge is 0.374 e. The third-order valence-electron chi connectivity index (χ3n) is 3.14. The molecule has 1 aliphatic rings. The number of carbonyl (C=O) groups is 1. The SMILES string of the molecule is CN1CCO[C@@H](CN(CC(N)=O)Cc2cccs2)C1. The molecule has 1 atom stereocenters. The number of ether oxygens (including phenoxy) is 1. The van der Waals surface area contributed by atoms with Crippen LogP contribution in [0.1, 0.15) is 4.88 Å². The molecule has 2 rings (SSSR count). The second-order valence-electron chi connectivity index (χ2n) is 4.97. The molecule has 0 aromatic carbocycles. The van der Waals surface area contributed by atoms with Crippen molar-refractivity contribution in [2.24, 2.45) is 5.73 Å². The van der Waals surface area contributed by atoms with Crippen LogP contribution in [0.4, 0.5) is 0 Å². The van der Waals surface area contributed by atoms with Crippen LogP contribution in [0.3, 0.4) is 0 Å². The van der Waals surface area contributed by atoms with Crippen molar-refractivity contribution in [3.05, 3.63) is 22.4 Å². The van der Waals surface area contributed by atoms with Crippen LogP contribution >= 0.6 is 11.3 Å². The second-order valence-corrected chi connectivity index (χ2v) is 6.00. The Labute approximate surface area is 117 Å². The highest BCUT2D eigenvalue weighted by Crippen LogP contribution is 2.13. The zero-order valence-electron chi connectivity index (χ0n) is 11.2. The van der Waals surface area contributed by atoms with E-state index in [0.717, 1.165) is 32.8 Å². The molecule has 0 aliphatic carbocycles. The van der Waals surface area contributed by atoms with Gasteiger partial charge in [0.05, 0.1) is 19.3 Å². The van der Waals surface area contributed by atoms with Gasteiger partial charge >= 0.3 is 0 Å². The van der Waals surface area contributed by atoms with E-state index >= 15 is 0 Å². The molecule has 1 aromatic rings. The van der Waals surface area contributed by atoms with Crippen molar-refractivity contribution < 1.29 is 9.53 Å². The first kappa shape index (κ1) is 14.5. The summed E-state index contributed by atoms with van der Waals surface area (Å²) in [5.74, 6) is -0.291. The molecule has 2 N–H and O–H groups in total. The van der Waals surface area contributed by atoms with Crippen LogP contribution in [-0.2, 0) is 16.1 Å². The molecule has 0 spiro atoms. The Morgan fingerprint density at radius 1 is 1.68 bits per heavy atom. The number of thiophene rings is 1. The number of hydrogen-bond acceptors (Lipinski definition) is 5. The van der Waals surface area contributed by atoms with Crippen LogP contribution < -0.4 is 5.73 Å². The van der Waals surface area contributed by atoms with E-state index < -0.39 is 0 Å². The minimum atomic E-state index is -0.291. The highest BCUT2D eigenvalue weighted by Gasteiger charge is 2.21. The molecule has 1 amide bonds. The Hall–Kier alpha value is -0.950. The molecule has 106 valence electrons. The molecule has 1 saturated heterocycles. The molecule has 0 radical (unpaired) electrons. The number of amides is 1. The highest BCUT2D eigenvalue weighted by molar-refractivity contribution is 7.09. The third kappa shape index (κ3) is 4.91. The first-order valence-corrected chi connectivity index (χ1v) is 7.34. The normalized spacial score (nSPS) is 20.8. The van der Waals surface area contributed by atoms with Crippen LogP contribution in [0.25, 0.3) is 0 Å². The van der Waals surface area contributed by atoms with Gasteiger partial charge in [-0.1, -0.05) is 6.07 Å². The van der Waals surface area contributed by atoms with Gasteiger partial charge in [-0.05, 0) is 18.5 Å². The maximum Gasteiger partial charge on any atom is 0.231 e. The first-order chi connectivity index (χ1) is 9.13. The molecular formula is C13H21N3O2S. The molecule has 6 heteroatoms. The topological polar surface area (TPSA) is 58.8 Å². The molecule has 0 saturated carbocycles. The Balaban J connectivity index is 1.91. The molecule has 0 unspecified atom stereocenters. The molecule has 1 aliphatic heterocycles. The summed E-state index contributed by atoms with van der Waals surface area (Å²) in [5.41, 5.74) is 5.33. The molecular weight excluding hydrogens is 262 g/mol. The van der Waals surface area contributed by atoms with Gasteiger partial charge in [-0.25, -0.2) is 0 Å². The smallest absolute Gasteiger partial charge is 0.231 e. The van der Waals surface area contributed by atoms with Crippen molar-refractivity contribution in [1.29, 1.82) is 0 Å². The van der Waals surface area contributed by atoms with Gasteiger partial charge in [-0.15, -0.1) is 11.3 Å². The quantitative estimate of drug-likeness (QED) is 0.819. The Kier molecular flexibility index (Phi) is 5.33. The number of carbonyl (C=O) groups excluding carboxylic acids is 1. The van der Waals surface area contributed by atoms with E-state index in [1.807, 2.05) is 11.4 Å². The zero-order valence-corrected chi connectivity index (χ0v) is 12.1. The molecule has 19 heavy (non-hydrogen) atoms. The van der Waals surface area contributed by atoms with Gasteiger partial charge in [-0.2, -0.15) is 0 Å². The lowest BCUT2D eigenvalue weighted by Crippen LogP contribution is -2.47. The summed E-state index contributed by atoms with van der Waals surface area (Å²) in [5, 5.41) is 2.04. The van der Waals surface area contributed by atoms with Gasteiger partial charge < -0.3 is 15.4 Å². The summed E-state index contributed by atoms with van der Waals surface area (Å²) in [6, 6.07) is 4.10. The van der Waals surface area contributed by atoms with E-state index in [0.29, 0.717) is 0 Å². The average Bonchev–Trinajstić information content (AvgIpc) is 2.80. The minimum absolute atomic E-state index is 0.151. The number of nitrogens with two attached hydrogens (primary N) is 1. The fraction of sp³-hybridized carbons (Fsp3) is 0.615. The van der Waals surface area contributed by atoms with Gasteiger partial charge in [0.25, 0.3) is 0 Å². The van der Waals surface area contributed by atoms with Crippen molar-refractivity contribution in [2.75, 3.05) is 39.8 Å². The van der Waals surface area contributed by atoms with Crippen molar-refractivity contribution in [3.8, 4) is 0 Å². The van der Waals surface area contributed by atoms with Crippen molar-refractivity contribution >= 4 is 17.2 Å². The molecule has 1 fully saturated rings. The summed E-state index contributed by atoms with van der Waals surface area (Å²) in [7, 11) is 2.09. The molecule has 2 heterocycles. The summed E-state index contributed by atoms with van der Waals surface area (Å²) in [6.45, 7) is 4.40. The van der Waals surface area contributed by atoms with Crippen molar-refractivity contribution in [2.45, 2.75) is 12.6 Å². The first-order valence-electron chi connectivity index (χ1n) is 6.46. The highest BCUT2D eigenvalue weighted by atomic mass is 32.1. The van der Waals surface area contributed by atoms with Crippen molar-refractivity contribution in [1.82, 2.24) is 9.80 Å².